The molecule has 0 bridgehead atoms. The summed E-state index contributed by atoms with van der Waals surface area (Å²) < 4.78 is 5.61. The van der Waals surface area contributed by atoms with Gasteiger partial charge in [-0.25, -0.2) is 14.4 Å². The monoisotopic (exact) mass is 579 g/mol. The number of amides is 2. The first-order valence-electron chi connectivity index (χ1n) is 14.4. The van der Waals surface area contributed by atoms with Crippen LogP contribution in [-0.4, -0.2) is 104 Å². The summed E-state index contributed by atoms with van der Waals surface area (Å²) in [6.45, 7) is 7.17. The lowest BCUT2D eigenvalue weighted by molar-refractivity contribution is -0.134. The molecule has 2 amide bonds. The summed E-state index contributed by atoms with van der Waals surface area (Å²) in [5, 5.41) is 18.8. The van der Waals surface area contributed by atoms with Crippen LogP contribution in [0, 0.1) is 0 Å². The summed E-state index contributed by atoms with van der Waals surface area (Å²) in [5.74, 6) is -1.66. The third kappa shape index (κ3) is 8.16. The Morgan fingerprint density at radius 1 is 0.810 bits per heavy atom. The van der Waals surface area contributed by atoms with E-state index >= 15 is 0 Å². The molecule has 0 saturated carbocycles. The first kappa shape index (κ1) is 30.7. The maximum atomic E-state index is 13.1. The second kappa shape index (κ2) is 14.6. The number of hydrogen-bond donors (Lipinski definition) is 3. The van der Waals surface area contributed by atoms with Crippen LogP contribution < -0.4 is 19.9 Å². The van der Waals surface area contributed by atoms with Crippen LogP contribution in [0.5, 0.6) is 5.75 Å². The van der Waals surface area contributed by atoms with Gasteiger partial charge in [-0.05, 0) is 68.1 Å². The van der Waals surface area contributed by atoms with Crippen molar-refractivity contribution < 1.29 is 29.3 Å². The Kier molecular flexibility index (Phi) is 10.7. The fraction of sp³-hybridized carbons (Fsp3) is 0.452. The maximum absolute atomic E-state index is 13.1. The van der Waals surface area contributed by atoms with E-state index in [1.54, 1.807) is 7.11 Å². The minimum Gasteiger partial charge on any atom is -0.495 e. The van der Waals surface area contributed by atoms with Gasteiger partial charge in [0.25, 0.3) is 0 Å². The van der Waals surface area contributed by atoms with Crippen LogP contribution in [0.25, 0.3) is 0 Å². The van der Waals surface area contributed by atoms with Crippen molar-refractivity contribution >= 4 is 35.0 Å². The number of nitrogens with one attached hydrogen (secondary N) is 1. The van der Waals surface area contributed by atoms with Gasteiger partial charge in [0.2, 0.25) is 0 Å². The lowest BCUT2D eigenvalue weighted by atomic mass is 9.90. The highest BCUT2D eigenvalue weighted by Gasteiger charge is 2.25. The van der Waals surface area contributed by atoms with Crippen molar-refractivity contribution in [2.75, 3.05) is 81.6 Å². The van der Waals surface area contributed by atoms with Crippen LogP contribution in [0.1, 0.15) is 24.0 Å². The number of carbonyl (C=O) groups is 3. The number of methoxy groups -OCH3 is 1. The van der Waals surface area contributed by atoms with E-state index in [2.05, 4.69) is 51.3 Å². The van der Waals surface area contributed by atoms with Gasteiger partial charge in [0.05, 0.1) is 12.8 Å². The standard InChI is InChI=1S/C27H37N5O2.C4H4O4/c1-29-12-14-31(15-13-29)25-20-22(10-11-26(25)34-2)28-27(33)32-18-16-30(17-19-32)24-9-5-7-21-6-3-4-8-23(21)24;5-3(6)1-2-4(7)8/h5,7,9-11,20H,3-4,6,8,12-19H2,1-2H3,(H,28,33);1-2H,(H,5,6)(H,7,8)/b;2-1+. The number of hydrogen-bond acceptors (Lipinski definition) is 7. The van der Waals surface area contributed by atoms with Gasteiger partial charge in [0.15, 0.2) is 0 Å². The second-order valence-electron chi connectivity index (χ2n) is 10.7. The molecule has 0 unspecified atom stereocenters. The van der Waals surface area contributed by atoms with Crippen molar-refractivity contribution in [3.05, 3.63) is 59.7 Å². The molecule has 2 aromatic carbocycles. The van der Waals surface area contributed by atoms with Gasteiger partial charge in [-0.15, -0.1) is 0 Å². The number of ether oxygens (including phenoxy) is 1. The van der Waals surface area contributed by atoms with Crippen LogP contribution in [0.3, 0.4) is 0 Å². The molecule has 0 aromatic heterocycles. The molecule has 0 radical (unpaired) electrons. The highest BCUT2D eigenvalue weighted by atomic mass is 16.5. The minimum atomic E-state index is -1.26. The molecule has 11 heteroatoms. The van der Waals surface area contributed by atoms with E-state index in [1.165, 1.54) is 42.5 Å². The maximum Gasteiger partial charge on any atom is 0.328 e. The summed E-state index contributed by atoms with van der Waals surface area (Å²) in [7, 11) is 3.86. The van der Waals surface area contributed by atoms with Crippen LogP contribution in [-0.2, 0) is 22.4 Å². The third-order valence-electron chi connectivity index (χ3n) is 7.92. The number of carbonyl (C=O) groups excluding carboxylic acids is 1. The number of benzene rings is 2. The SMILES string of the molecule is COc1ccc(NC(=O)N2CCN(c3cccc4c3CCCC4)CC2)cc1N1CCN(C)CC1.O=C(O)/C=C/C(=O)O. The number of carboxylic acids is 2. The van der Waals surface area contributed by atoms with Crippen LogP contribution in [0.4, 0.5) is 21.9 Å². The lowest BCUT2D eigenvalue weighted by Gasteiger charge is -2.38. The fourth-order valence-electron chi connectivity index (χ4n) is 5.62. The smallest absolute Gasteiger partial charge is 0.328 e. The number of aliphatic carboxylic acids is 2. The largest absolute Gasteiger partial charge is 0.495 e. The summed E-state index contributed by atoms with van der Waals surface area (Å²) in [6, 6.07) is 12.7. The van der Waals surface area contributed by atoms with Crippen molar-refractivity contribution in [3.8, 4) is 5.75 Å². The van der Waals surface area contributed by atoms with E-state index < -0.39 is 11.9 Å². The molecule has 2 aliphatic heterocycles. The molecule has 5 rings (SSSR count). The Morgan fingerprint density at radius 2 is 1.43 bits per heavy atom. The van der Waals surface area contributed by atoms with Gasteiger partial charge in [0.1, 0.15) is 5.75 Å². The van der Waals surface area contributed by atoms with E-state index in [4.69, 9.17) is 14.9 Å². The van der Waals surface area contributed by atoms with Crippen molar-refractivity contribution in [1.29, 1.82) is 0 Å². The molecule has 226 valence electrons. The van der Waals surface area contributed by atoms with E-state index in [1.807, 2.05) is 17.0 Å². The van der Waals surface area contributed by atoms with Gasteiger partial charge in [-0.2, -0.15) is 0 Å². The van der Waals surface area contributed by atoms with E-state index in [-0.39, 0.29) is 6.03 Å². The Morgan fingerprint density at radius 3 is 2.07 bits per heavy atom. The van der Waals surface area contributed by atoms with E-state index in [9.17, 15) is 14.4 Å². The highest BCUT2D eigenvalue weighted by molar-refractivity contribution is 5.91. The summed E-state index contributed by atoms with van der Waals surface area (Å²) >= 11 is 0. The molecule has 3 aliphatic rings. The normalized spacial score (nSPS) is 17.2. The third-order valence-corrected chi connectivity index (χ3v) is 7.92. The first-order valence-corrected chi connectivity index (χ1v) is 14.4. The summed E-state index contributed by atoms with van der Waals surface area (Å²) in [5.41, 5.74) is 6.29. The lowest BCUT2D eigenvalue weighted by Crippen LogP contribution is -2.50. The Hall–Kier alpha value is -4.25. The molecule has 11 nitrogen and oxygen atoms in total. The summed E-state index contributed by atoms with van der Waals surface area (Å²) in [6.07, 6.45) is 6.07. The second-order valence-corrected chi connectivity index (χ2v) is 10.7. The number of urea groups is 1. The van der Waals surface area contributed by atoms with Gasteiger partial charge in [0, 0.05) is 75.9 Å². The Balaban J connectivity index is 0.000000446. The molecule has 42 heavy (non-hydrogen) atoms. The molecule has 0 spiro atoms. The van der Waals surface area contributed by atoms with Crippen LogP contribution in [0.2, 0.25) is 0 Å². The predicted octanol–water partition coefficient (Wildman–Crippen LogP) is 3.39. The number of piperazine rings is 2. The number of fused-ring (bicyclic) bond motifs is 1. The Bertz CT molecular complexity index is 1270. The average molecular weight is 580 g/mol. The van der Waals surface area contributed by atoms with Crippen molar-refractivity contribution in [3.63, 3.8) is 0 Å². The molecular formula is C31H41N5O6. The number of rotatable bonds is 6. The van der Waals surface area contributed by atoms with Gasteiger partial charge >= 0.3 is 18.0 Å². The van der Waals surface area contributed by atoms with Gasteiger partial charge < -0.3 is 39.9 Å². The van der Waals surface area contributed by atoms with Crippen LogP contribution in [0.15, 0.2) is 48.6 Å². The van der Waals surface area contributed by atoms with Gasteiger partial charge in [-0.1, -0.05) is 12.1 Å². The summed E-state index contributed by atoms with van der Waals surface area (Å²) in [4.78, 5) is 41.3. The topological polar surface area (TPSA) is 126 Å². The zero-order valence-corrected chi connectivity index (χ0v) is 24.4. The average Bonchev–Trinajstić information content (AvgIpc) is 3.00. The molecule has 2 aromatic rings. The van der Waals surface area contributed by atoms with Crippen molar-refractivity contribution in [1.82, 2.24) is 9.80 Å². The first-order chi connectivity index (χ1) is 20.2. The van der Waals surface area contributed by atoms with Crippen LogP contribution >= 0.6 is 0 Å². The minimum absolute atomic E-state index is 0.0239. The van der Waals surface area contributed by atoms with E-state index in [0.29, 0.717) is 12.2 Å². The quantitative estimate of drug-likeness (QED) is 0.442. The zero-order valence-electron chi connectivity index (χ0n) is 24.4. The number of carboxylic acid groups (broad SMARTS) is 2. The van der Waals surface area contributed by atoms with Crippen molar-refractivity contribution in [2.45, 2.75) is 25.7 Å². The number of nitrogens with zero attached hydrogens (tertiary/aromatic N) is 4. The Labute approximate surface area is 246 Å². The molecular weight excluding hydrogens is 538 g/mol. The molecule has 3 N–H and O–H groups in total. The number of likely N-dealkylation sites (N-methyl/N-ethyl adjacent to an activating group) is 1. The molecule has 2 heterocycles. The fourth-order valence-corrected chi connectivity index (χ4v) is 5.62. The van der Waals surface area contributed by atoms with Crippen molar-refractivity contribution in [2.24, 2.45) is 0 Å². The molecule has 2 saturated heterocycles. The van der Waals surface area contributed by atoms with Gasteiger partial charge in [-0.3, -0.25) is 0 Å². The number of anilines is 3. The molecule has 2 fully saturated rings. The molecule has 1 aliphatic carbocycles. The van der Waals surface area contributed by atoms with E-state index in [0.717, 1.165) is 69.5 Å². The zero-order chi connectivity index (χ0) is 30.1. The number of aryl methyl sites for hydroxylation is 1. The molecule has 0 atom stereocenters. The predicted molar refractivity (Wildman–Crippen MR) is 163 cm³/mol. The highest BCUT2D eigenvalue weighted by Crippen LogP contribution is 2.33.